The second kappa shape index (κ2) is 5.15. The summed E-state index contributed by atoms with van der Waals surface area (Å²) in [5, 5.41) is 3.44. The Labute approximate surface area is 104 Å². The minimum absolute atomic E-state index is 0.0672. The number of ether oxygens (including phenoxy) is 1. The summed E-state index contributed by atoms with van der Waals surface area (Å²) in [7, 11) is 0. The maximum atomic E-state index is 5.93. The monoisotopic (exact) mass is 234 g/mol. The van der Waals surface area contributed by atoms with Crippen LogP contribution in [0.25, 0.3) is 0 Å². The summed E-state index contributed by atoms with van der Waals surface area (Å²) in [5.41, 5.74) is 2.36. The molecule has 0 spiro atoms. The summed E-state index contributed by atoms with van der Waals surface area (Å²) in [6.07, 6.45) is 4.61. The van der Waals surface area contributed by atoms with Gasteiger partial charge in [0.15, 0.2) is 0 Å². The molecule has 1 atom stereocenters. The molecule has 0 saturated carbocycles. The number of aromatic nitrogens is 1. The number of hydrogen-bond acceptors (Lipinski definition) is 3. The topological polar surface area (TPSA) is 34.1 Å². The predicted octanol–water partition coefficient (Wildman–Crippen LogP) is 2.44. The molecule has 1 aliphatic rings. The smallest absolute Gasteiger partial charge is 0.0707 e. The lowest BCUT2D eigenvalue weighted by atomic mass is 10.1. The van der Waals surface area contributed by atoms with Crippen LogP contribution in [0, 0.1) is 6.92 Å². The van der Waals surface area contributed by atoms with E-state index >= 15 is 0 Å². The van der Waals surface area contributed by atoms with Gasteiger partial charge in [0.05, 0.1) is 11.7 Å². The molecule has 1 unspecified atom stereocenters. The summed E-state index contributed by atoms with van der Waals surface area (Å²) in [4.78, 5) is 4.28. The number of hydrogen-bond donors (Lipinski definition) is 1. The molecule has 1 N–H and O–H groups in total. The maximum absolute atomic E-state index is 5.93. The Balaban J connectivity index is 1.71. The van der Waals surface area contributed by atoms with Crippen molar-refractivity contribution in [3.63, 3.8) is 0 Å². The van der Waals surface area contributed by atoms with E-state index in [1.165, 1.54) is 5.56 Å². The molecule has 0 amide bonds. The van der Waals surface area contributed by atoms with Gasteiger partial charge in [-0.15, -0.1) is 0 Å². The molecular weight excluding hydrogens is 212 g/mol. The highest BCUT2D eigenvalue weighted by Gasteiger charge is 2.30. The van der Waals surface area contributed by atoms with Gasteiger partial charge in [-0.2, -0.15) is 0 Å². The van der Waals surface area contributed by atoms with Gasteiger partial charge in [0.2, 0.25) is 0 Å². The van der Waals surface area contributed by atoms with Crippen LogP contribution in [0.3, 0.4) is 0 Å². The van der Waals surface area contributed by atoms with Crippen molar-refractivity contribution in [3.05, 3.63) is 29.6 Å². The van der Waals surface area contributed by atoms with Crippen molar-refractivity contribution in [2.75, 3.05) is 6.54 Å². The second-order valence-corrected chi connectivity index (χ2v) is 5.48. The van der Waals surface area contributed by atoms with E-state index in [1.807, 2.05) is 19.2 Å². The minimum Gasteiger partial charge on any atom is -0.371 e. The molecule has 1 fully saturated rings. The Kier molecular flexibility index (Phi) is 3.79. The van der Waals surface area contributed by atoms with Gasteiger partial charge in [-0.3, -0.25) is 4.98 Å². The first-order chi connectivity index (χ1) is 8.05. The Morgan fingerprint density at radius 1 is 1.47 bits per heavy atom. The third-order valence-electron chi connectivity index (χ3n) is 3.23. The minimum atomic E-state index is 0.0672. The number of rotatable bonds is 4. The average Bonchev–Trinajstić information content (AvgIpc) is 2.61. The number of aryl methyl sites for hydroxylation is 1. The van der Waals surface area contributed by atoms with Gasteiger partial charge >= 0.3 is 0 Å². The van der Waals surface area contributed by atoms with Crippen LogP contribution in [0.1, 0.15) is 37.9 Å². The molecule has 2 rings (SSSR count). The lowest BCUT2D eigenvalue weighted by molar-refractivity contribution is -0.0142. The number of nitrogens with one attached hydrogen (secondary N) is 1. The van der Waals surface area contributed by atoms with E-state index in [1.54, 1.807) is 0 Å². The van der Waals surface area contributed by atoms with Gasteiger partial charge in [0.1, 0.15) is 0 Å². The number of nitrogens with zero attached hydrogens (tertiary/aromatic N) is 1. The SMILES string of the molecule is Cc1ccc(CNCC2CCC(C)(C)O2)cn1. The van der Waals surface area contributed by atoms with Crippen LogP contribution in [-0.4, -0.2) is 23.2 Å². The van der Waals surface area contributed by atoms with Crippen molar-refractivity contribution in [3.8, 4) is 0 Å². The molecule has 1 aliphatic heterocycles. The molecule has 3 nitrogen and oxygen atoms in total. The largest absolute Gasteiger partial charge is 0.371 e. The molecule has 2 heterocycles. The van der Waals surface area contributed by atoms with Gasteiger partial charge in [-0.05, 0) is 45.2 Å². The first-order valence-electron chi connectivity index (χ1n) is 6.35. The lowest BCUT2D eigenvalue weighted by Gasteiger charge is -2.19. The summed E-state index contributed by atoms with van der Waals surface area (Å²) in [6.45, 7) is 8.13. The highest BCUT2D eigenvalue weighted by atomic mass is 16.5. The van der Waals surface area contributed by atoms with Gasteiger partial charge < -0.3 is 10.1 Å². The van der Waals surface area contributed by atoms with Crippen LogP contribution in [0.15, 0.2) is 18.3 Å². The summed E-state index contributed by atoms with van der Waals surface area (Å²) in [5.74, 6) is 0. The molecule has 0 bridgehead atoms. The first kappa shape index (κ1) is 12.5. The van der Waals surface area contributed by atoms with Crippen LogP contribution in [0.4, 0.5) is 0 Å². The van der Waals surface area contributed by atoms with E-state index in [9.17, 15) is 0 Å². The molecule has 1 saturated heterocycles. The molecule has 17 heavy (non-hydrogen) atoms. The molecule has 0 radical (unpaired) electrons. The van der Waals surface area contributed by atoms with Gasteiger partial charge in [0, 0.05) is 25.0 Å². The Morgan fingerprint density at radius 2 is 2.29 bits per heavy atom. The fraction of sp³-hybridized carbons (Fsp3) is 0.643. The van der Waals surface area contributed by atoms with E-state index in [-0.39, 0.29) is 5.60 Å². The molecule has 1 aromatic rings. The molecular formula is C14H22N2O. The molecule has 3 heteroatoms. The van der Waals surface area contributed by atoms with Crippen LogP contribution in [-0.2, 0) is 11.3 Å². The Hall–Kier alpha value is -0.930. The maximum Gasteiger partial charge on any atom is 0.0707 e. The van der Waals surface area contributed by atoms with Crippen LogP contribution < -0.4 is 5.32 Å². The molecule has 0 aromatic carbocycles. The summed E-state index contributed by atoms with van der Waals surface area (Å²) < 4.78 is 5.93. The van der Waals surface area contributed by atoms with Crippen molar-refractivity contribution in [2.24, 2.45) is 0 Å². The lowest BCUT2D eigenvalue weighted by Crippen LogP contribution is -2.29. The van der Waals surface area contributed by atoms with Gasteiger partial charge in [0.25, 0.3) is 0 Å². The van der Waals surface area contributed by atoms with Crippen LogP contribution in [0.5, 0.6) is 0 Å². The Morgan fingerprint density at radius 3 is 2.88 bits per heavy atom. The van der Waals surface area contributed by atoms with Crippen molar-refractivity contribution in [1.82, 2.24) is 10.3 Å². The van der Waals surface area contributed by atoms with E-state index in [0.717, 1.165) is 31.6 Å². The van der Waals surface area contributed by atoms with Crippen molar-refractivity contribution in [1.29, 1.82) is 0 Å². The summed E-state index contributed by atoms with van der Waals surface area (Å²) >= 11 is 0. The van der Waals surface area contributed by atoms with Gasteiger partial charge in [-0.25, -0.2) is 0 Å². The van der Waals surface area contributed by atoms with E-state index in [0.29, 0.717) is 6.10 Å². The third kappa shape index (κ3) is 3.79. The van der Waals surface area contributed by atoms with Crippen molar-refractivity contribution in [2.45, 2.75) is 51.9 Å². The standard InChI is InChI=1S/C14H22N2O/c1-11-4-5-12(9-16-11)8-15-10-13-6-7-14(2,3)17-13/h4-5,9,13,15H,6-8,10H2,1-3H3. The normalized spacial score (nSPS) is 22.9. The fourth-order valence-electron chi connectivity index (χ4n) is 2.20. The molecule has 1 aromatic heterocycles. The summed E-state index contributed by atoms with van der Waals surface area (Å²) in [6, 6.07) is 4.17. The zero-order valence-electron chi connectivity index (χ0n) is 11.0. The average molecular weight is 234 g/mol. The number of pyridine rings is 1. The zero-order valence-corrected chi connectivity index (χ0v) is 11.0. The second-order valence-electron chi connectivity index (χ2n) is 5.48. The highest BCUT2D eigenvalue weighted by molar-refractivity contribution is 5.12. The zero-order chi connectivity index (χ0) is 12.3. The quantitative estimate of drug-likeness (QED) is 0.869. The van der Waals surface area contributed by atoms with E-state index in [2.05, 4.69) is 30.2 Å². The molecule has 94 valence electrons. The van der Waals surface area contributed by atoms with E-state index in [4.69, 9.17) is 4.74 Å². The third-order valence-corrected chi connectivity index (χ3v) is 3.23. The van der Waals surface area contributed by atoms with Crippen LogP contribution in [0.2, 0.25) is 0 Å². The van der Waals surface area contributed by atoms with Crippen LogP contribution >= 0.6 is 0 Å². The Bertz CT molecular complexity index is 359. The van der Waals surface area contributed by atoms with Crippen molar-refractivity contribution < 1.29 is 4.74 Å². The van der Waals surface area contributed by atoms with E-state index < -0.39 is 0 Å². The fourth-order valence-corrected chi connectivity index (χ4v) is 2.20. The van der Waals surface area contributed by atoms with Gasteiger partial charge in [-0.1, -0.05) is 6.07 Å². The first-order valence-corrected chi connectivity index (χ1v) is 6.35. The highest BCUT2D eigenvalue weighted by Crippen LogP contribution is 2.28. The molecule has 0 aliphatic carbocycles. The van der Waals surface area contributed by atoms with Crippen molar-refractivity contribution >= 4 is 0 Å². The predicted molar refractivity (Wildman–Crippen MR) is 68.9 cm³/mol.